The molecule has 1 heterocycles. The van der Waals surface area contributed by atoms with Gasteiger partial charge in [0.25, 0.3) is 0 Å². The summed E-state index contributed by atoms with van der Waals surface area (Å²) in [6.07, 6.45) is 5.19. The SMILES string of the molecule is CC(C)(C)OC(=O)N1[C@@H](Cc2ccccc2)[C@H](CC(C=O)/C=C/c2ccccc2)OC1(C)C. The van der Waals surface area contributed by atoms with Gasteiger partial charge in [0.05, 0.1) is 12.1 Å². The van der Waals surface area contributed by atoms with E-state index in [1.165, 1.54) is 0 Å². The molecule has 0 aromatic heterocycles. The lowest BCUT2D eigenvalue weighted by Crippen LogP contribution is -2.51. The number of carbonyl (C=O) groups is 2. The summed E-state index contributed by atoms with van der Waals surface area (Å²) in [6.45, 7) is 9.33. The molecule has 33 heavy (non-hydrogen) atoms. The van der Waals surface area contributed by atoms with Crippen molar-refractivity contribution < 1.29 is 19.1 Å². The molecule has 0 spiro atoms. The lowest BCUT2D eigenvalue weighted by Gasteiger charge is -2.35. The minimum atomic E-state index is -0.858. The Morgan fingerprint density at radius 1 is 1.09 bits per heavy atom. The van der Waals surface area contributed by atoms with Gasteiger partial charge in [0.2, 0.25) is 0 Å². The van der Waals surface area contributed by atoms with Gasteiger partial charge in [-0.3, -0.25) is 4.90 Å². The van der Waals surface area contributed by atoms with Crippen LogP contribution in [0.25, 0.3) is 6.08 Å². The topological polar surface area (TPSA) is 55.8 Å². The molecule has 1 saturated heterocycles. The molecule has 1 aliphatic rings. The Morgan fingerprint density at radius 3 is 2.27 bits per heavy atom. The van der Waals surface area contributed by atoms with Crippen LogP contribution in [0.1, 0.15) is 52.2 Å². The second kappa shape index (κ2) is 10.3. The van der Waals surface area contributed by atoms with Crippen LogP contribution in [-0.4, -0.2) is 40.8 Å². The summed E-state index contributed by atoms with van der Waals surface area (Å²) in [5.74, 6) is -0.331. The van der Waals surface area contributed by atoms with Crippen molar-refractivity contribution in [3.05, 3.63) is 77.9 Å². The van der Waals surface area contributed by atoms with E-state index in [1.807, 2.05) is 107 Å². The van der Waals surface area contributed by atoms with Crippen molar-refractivity contribution in [1.82, 2.24) is 4.90 Å². The number of ether oxygens (including phenoxy) is 2. The van der Waals surface area contributed by atoms with Crippen LogP contribution in [0, 0.1) is 5.92 Å². The zero-order valence-electron chi connectivity index (χ0n) is 20.2. The largest absolute Gasteiger partial charge is 0.444 e. The van der Waals surface area contributed by atoms with E-state index in [4.69, 9.17) is 9.47 Å². The van der Waals surface area contributed by atoms with Gasteiger partial charge in [-0.05, 0) is 58.6 Å². The van der Waals surface area contributed by atoms with Crippen molar-refractivity contribution in [1.29, 1.82) is 0 Å². The van der Waals surface area contributed by atoms with Gasteiger partial charge in [0.15, 0.2) is 0 Å². The second-order valence-corrected chi connectivity index (χ2v) is 10.0. The molecule has 1 unspecified atom stereocenters. The highest BCUT2D eigenvalue weighted by Gasteiger charge is 2.51. The molecule has 5 nitrogen and oxygen atoms in total. The van der Waals surface area contributed by atoms with E-state index >= 15 is 0 Å². The standard InChI is InChI=1S/C28H35NO4/c1-27(2,3)33-26(31)29-24(18-22-14-10-7-11-15-22)25(32-28(29,4)5)19-23(20-30)17-16-21-12-8-6-9-13-21/h6-17,20,23-25H,18-19H2,1-5H3/b17-16+/t23?,24-,25-/m0/s1. The molecule has 0 N–H and O–H groups in total. The maximum absolute atomic E-state index is 13.2. The van der Waals surface area contributed by atoms with E-state index in [2.05, 4.69) is 0 Å². The van der Waals surface area contributed by atoms with E-state index < -0.39 is 17.4 Å². The Balaban J connectivity index is 1.86. The fourth-order valence-corrected chi connectivity index (χ4v) is 4.27. The van der Waals surface area contributed by atoms with Crippen molar-refractivity contribution in [3.8, 4) is 0 Å². The van der Waals surface area contributed by atoms with E-state index in [1.54, 1.807) is 4.90 Å². The number of amides is 1. The van der Waals surface area contributed by atoms with Crippen LogP contribution in [0.4, 0.5) is 4.79 Å². The molecule has 1 amide bonds. The second-order valence-electron chi connectivity index (χ2n) is 10.0. The van der Waals surface area contributed by atoms with Crippen molar-refractivity contribution in [3.63, 3.8) is 0 Å². The Kier molecular flexibility index (Phi) is 7.75. The maximum atomic E-state index is 13.2. The highest BCUT2D eigenvalue weighted by Crippen LogP contribution is 2.38. The fourth-order valence-electron chi connectivity index (χ4n) is 4.27. The van der Waals surface area contributed by atoms with Crippen molar-refractivity contribution >= 4 is 18.5 Å². The number of hydrogen-bond acceptors (Lipinski definition) is 4. The number of allylic oxidation sites excluding steroid dienone is 1. The predicted octanol–water partition coefficient (Wildman–Crippen LogP) is 5.89. The number of rotatable bonds is 7. The van der Waals surface area contributed by atoms with Gasteiger partial charge in [-0.1, -0.05) is 72.8 Å². The maximum Gasteiger partial charge on any atom is 0.412 e. The van der Waals surface area contributed by atoms with E-state index in [0.717, 1.165) is 17.4 Å². The highest BCUT2D eigenvalue weighted by molar-refractivity contribution is 5.70. The quantitative estimate of drug-likeness (QED) is 0.495. The van der Waals surface area contributed by atoms with E-state index in [-0.39, 0.29) is 18.1 Å². The molecular weight excluding hydrogens is 414 g/mol. The van der Waals surface area contributed by atoms with Crippen LogP contribution in [0.2, 0.25) is 0 Å². The summed E-state index contributed by atoms with van der Waals surface area (Å²) in [4.78, 5) is 26.9. The monoisotopic (exact) mass is 449 g/mol. The summed E-state index contributed by atoms with van der Waals surface area (Å²) in [6, 6.07) is 19.7. The molecule has 0 saturated carbocycles. The van der Waals surface area contributed by atoms with Gasteiger partial charge >= 0.3 is 6.09 Å². The number of carbonyl (C=O) groups excluding carboxylic acids is 2. The first-order valence-electron chi connectivity index (χ1n) is 11.5. The Labute approximate surface area is 197 Å². The summed E-state index contributed by atoms with van der Waals surface area (Å²) < 4.78 is 12.1. The van der Waals surface area contributed by atoms with Gasteiger partial charge in [-0.15, -0.1) is 0 Å². The Morgan fingerprint density at radius 2 is 1.70 bits per heavy atom. The highest BCUT2D eigenvalue weighted by atomic mass is 16.6. The zero-order valence-corrected chi connectivity index (χ0v) is 20.2. The number of aldehydes is 1. The lowest BCUT2D eigenvalue weighted by molar-refractivity contribution is -0.112. The smallest absolute Gasteiger partial charge is 0.412 e. The van der Waals surface area contributed by atoms with Crippen molar-refractivity contribution in [2.45, 2.75) is 70.9 Å². The molecule has 2 aromatic rings. The molecule has 176 valence electrons. The van der Waals surface area contributed by atoms with Gasteiger partial charge in [-0.2, -0.15) is 0 Å². The first-order valence-corrected chi connectivity index (χ1v) is 11.5. The zero-order chi connectivity index (χ0) is 24.1. The number of hydrogen-bond donors (Lipinski definition) is 0. The minimum Gasteiger partial charge on any atom is -0.444 e. The van der Waals surface area contributed by atoms with E-state index in [9.17, 15) is 9.59 Å². The van der Waals surface area contributed by atoms with Crippen molar-refractivity contribution in [2.24, 2.45) is 5.92 Å². The number of nitrogens with zero attached hydrogens (tertiary/aromatic N) is 1. The third-order valence-electron chi connectivity index (χ3n) is 5.67. The van der Waals surface area contributed by atoms with Crippen LogP contribution in [-0.2, 0) is 20.7 Å². The van der Waals surface area contributed by atoms with Gasteiger partial charge < -0.3 is 14.3 Å². The third kappa shape index (κ3) is 6.78. The van der Waals surface area contributed by atoms with E-state index in [0.29, 0.717) is 12.8 Å². The normalized spacial score (nSPS) is 21.2. The van der Waals surface area contributed by atoms with Crippen molar-refractivity contribution in [2.75, 3.05) is 0 Å². The average molecular weight is 450 g/mol. The third-order valence-corrected chi connectivity index (χ3v) is 5.67. The first kappa shape index (κ1) is 24.7. The molecule has 1 fully saturated rings. The van der Waals surface area contributed by atoms with Crippen LogP contribution in [0.5, 0.6) is 0 Å². The molecule has 0 radical (unpaired) electrons. The average Bonchev–Trinajstić information content (AvgIpc) is 3.00. The van der Waals surface area contributed by atoms with Crippen LogP contribution >= 0.6 is 0 Å². The predicted molar refractivity (Wildman–Crippen MR) is 131 cm³/mol. The van der Waals surface area contributed by atoms with Gasteiger partial charge in [-0.25, -0.2) is 4.79 Å². The molecular formula is C28H35NO4. The summed E-state index contributed by atoms with van der Waals surface area (Å²) in [7, 11) is 0. The molecule has 1 aliphatic heterocycles. The Hall–Kier alpha value is -2.92. The number of benzene rings is 2. The molecule has 2 aromatic carbocycles. The summed E-state index contributed by atoms with van der Waals surface area (Å²) >= 11 is 0. The fraction of sp³-hybridized carbons (Fsp3) is 0.429. The van der Waals surface area contributed by atoms with Crippen LogP contribution in [0.3, 0.4) is 0 Å². The van der Waals surface area contributed by atoms with Gasteiger partial charge in [0.1, 0.15) is 17.6 Å². The molecule has 0 aliphatic carbocycles. The Bertz CT molecular complexity index is 947. The summed E-state index contributed by atoms with van der Waals surface area (Å²) in [5, 5.41) is 0. The van der Waals surface area contributed by atoms with Gasteiger partial charge in [0, 0.05) is 5.92 Å². The molecule has 0 bridgehead atoms. The van der Waals surface area contributed by atoms with Crippen LogP contribution < -0.4 is 0 Å². The molecule has 5 heteroatoms. The minimum absolute atomic E-state index is 0.259. The molecule has 3 atom stereocenters. The summed E-state index contributed by atoms with van der Waals surface area (Å²) in [5.41, 5.74) is 0.660. The molecule has 3 rings (SSSR count). The first-order chi connectivity index (χ1) is 15.6. The van der Waals surface area contributed by atoms with Crippen LogP contribution in [0.15, 0.2) is 66.7 Å². The lowest BCUT2D eigenvalue weighted by atomic mass is 9.93.